The Hall–Kier alpha value is -1.88. The number of aromatic nitrogens is 3. The van der Waals surface area contributed by atoms with Gasteiger partial charge >= 0.3 is 0 Å². The minimum atomic E-state index is -0.263. The van der Waals surface area contributed by atoms with Gasteiger partial charge in [0.2, 0.25) is 0 Å². The predicted molar refractivity (Wildman–Crippen MR) is 76.4 cm³/mol. The second-order valence-corrected chi connectivity index (χ2v) is 5.59. The minimum absolute atomic E-state index is 0.153. The summed E-state index contributed by atoms with van der Waals surface area (Å²) in [6.45, 7) is 7.86. The molecule has 0 aliphatic carbocycles. The molecule has 1 aromatic carbocycles. The van der Waals surface area contributed by atoms with Crippen LogP contribution in [0.1, 0.15) is 38.2 Å². The lowest BCUT2D eigenvalue weighted by Gasteiger charge is -2.27. The number of nitrogens with one attached hydrogen (secondary N) is 1. The third-order valence-corrected chi connectivity index (χ3v) is 3.80. The van der Waals surface area contributed by atoms with Crippen molar-refractivity contribution in [1.82, 2.24) is 20.1 Å². The highest BCUT2D eigenvalue weighted by Gasteiger charge is 2.40. The van der Waals surface area contributed by atoms with Gasteiger partial charge in [0.1, 0.15) is 23.5 Å². The van der Waals surface area contributed by atoms with E-state index >= 15 is 0 Å². The molecule has 0 bridgehead atoms. The standard InChI is InChI=1S/C15H20N4O/c1-4-19-10-17-18-13(19)9-16-14-11-7-5-6-8-12(11)20-15(14,2)3/h5-8,10,14,16H,4,9H2,1-3H3. The summed E-state index contributed by atoms with van der Waals surface area (Å²) in [6.07, 6.45) is 1.77. The quantitative estimate of drug-likeness (QED) is 0.928. The van der Waals surface area contributed by atoms with Crippen LogP contribution in [0.5, 0.6) is 5.75 Å². The Kier molecular flexibility index (Phi) is 3.22. The summed E-state index contributed by atoms with van der Waals surface area (Å²) >= 11 is 0. The van der Waals surface area contributed by atoms with Crippen molar-refractivity contribution in [3.63, 3.8) is 0 Å². The highest BCUT2D eigenvalue weighted by molar-refractivity contribution is 5.42. The average molecular weight is 272 g/mol. The summed E-state index contributed by atoms with van der Waals surface area (Å²) in [5, 5.41) is 11.7. The first-order valence-electron chi connectivity index (χ1n) is 7.00. The van der Waals surface area contributed by atoms with Crippen LogP contribution >= 0.6 is 0 Å². The number of fused-ring (bicyclic) bond motifs is 1. The maximum absolute atomic E-state index is 6.03. The van der Waals surface area contributed by atoms with Crippen LogP contribution in [-0.2, 0) is 13.1 Å². The van der Waals surface area contributed by atoms with Crippen molar-refractivity contribution in [2.45, 2.75) is 45.5 Å². The third-order valence-electron chi connectivity index (χ3n) is 3.80. The van der Waals surface area contributed by atoms with Crippen molar-refractivity contribution in [2.75, 3.05) is 0 Å². The zero-order chi connectivity index (χ0) is 14.2. The second kappa shape index (κ2) is 4.90. The van der Waals surface area contributed by atoms with Crippen molar-refractivity contribution in [3.8, 4) is 5.75 Å². The molecule has 2 aromatic rings. The molecular weight excluding hydrogens is 252 g/mol. The van der Waals surface area contributed by atoms with Crippen molar-refractivity contribution in [1.29, 1.82) is 0 Å². The summed E-state index contributed by atoms with van der Waals surface area (Å²) in [5.74, 6) is 1.92. The van der Waals surface area contributed by atoms with E-state index in [-0.39, 0.29) is 11.6 Å². The number of nitrogens with zero attached hydrogens (tertiary/aromatic N) is 3. The fraction of sp³-hybridized carbons (Fsp3) is 0.467. The summed E-state index contributed by atoms with van der Waals surface area (Å²) < 4.78 is 8.07. The Morgan fingerprint density at radius 3 is 2.95 bits per heavy atom. The topological polar surface area (TPSA) is 52.0 Å². The summed E-state index contributed by atoms with van der Waals surface area (Å²) in [5.41, 5.74) is 0.945. The number of hydrogen-bond acceptors (Lipinski definition) is 4. The van der Waals surface area contributed by atoms with E-state index in [1.54, 1.807) is 6.33 Å². The largest absolute Gasteiger partial charge is 0.486 e. The maximum atomic E-state index is 6.03. The van der Waals surface area contributed by atoms with Gasteiger partial charge in [-0.15, -0.1) is 10.2 Å². The number of ether oxygens (including phenoxy) is 1. The maximum Gasteiger partial charge on any atom is 0.146 e. The van der Waals surface area contributed by atoms with Crippen LogP contribution in [0.25, 0.3) is 0 Å². The highest BCUT2D eigenvalue weighted by atomic mass is 16.5. The van der Waals surface area contributed by atoms with Gasteiger partial charge in [0.05, 0.1) is 12.6 Å². The fourth-order valence-electron chi connectivity index (χ4n) is 2.76. The molecule has 20 heavy (non-hydrogen) atoms. The van der Waals surface area contributed by atoms with Gasteiger partial charge in [-0.1, -0.05) is 18.2 Å². The number of hydrogen-bond donors (Lipinski definition) is 1. The van der Waals surface area contributed by atoms with Gasteiger partial charge in [0.15, 0.2) is 0 Å². The van der Waals surface area contributed by atoms with E-state index in [9.17, 15) is 0 Å². The molecule has 1 atom stereocenters. The molecule has 1 aliphatic rings. The highest BCUT2D eigenvalue weighted by Crippen LogP contribution is 2.42. The first-order valence-corrected chi connectivity index (χ1v) is 7.00. The van der Waals surface area contributed by atoms with Crippen molar-refractivity contribution in [3.05, 3.63) is 42.0 Å². The van der Waals surface area contributed by atoms with Crippen LogP contribution in [0.15, 0.2) is 30.6 Å². The Bertz CT molecular complexity index is 605. The minimum Gasteiger partial charge on any atom is -0.486 e. The number of benzene rings is 1. The van der Waals surface area contributed by atoms with Crippen LogP contribution < -0.4 is 10.1 Å². The lowest BCUT2D eigenvalue weighted by atomic mass is 9.94. The van der Waals surface area contributed by atoms with E-state index in [1.807, 2.05) is 22.8 Å². The number of rotatable bonds is 4. The lowest BCUT2D eigenvalue weighted by Crippen LogP contribution is -2.39. The Balaban J connectivity index is 1.80. The second-order valence-electron chi connectivity index (χ2n) is 5.59. The zero-order valence-corrected chi connectivity index (χ0v) is 12.1. The molecule has 1 unspecified atom stereocenters. The van der Waals surface area contributed by atoms with Crippen LogP contribution in [0.4, 0.5) is 0 Å². The number of para-hydroxylation sites is 1. The van der Waals surface area contributed by atoms with Crippen molar-refractivity contribution in [2.24, 2.45) is 0 Å². The average Bonchev–Trinajstić information content (AvgIpc) is 2.96. The first kappa shape index (κ1) is 13.1. The van der Waals surface area contributed by atoms with Crippen molar-refractivity contribution < 1.29 is 4.74 Å². The molecule has 2 heterocycles. The molecule has 0 amide bonds. The van der Waals surface area contributed by atoms with Crippen LogP contribution in [-0.4, -0.2) is 20.4 Å². The van der Waals surface area contributed by atoms with Gasteiger partial charge in [-0.25, -0.2) is 0 Å². The molecule has 5 nitrogen and oxygen atoms in total. The molecule has 3 rings (SSSR count). The van der Waals surface area contributed by atoms with Crippen molar-refractivity contribution >= 4 is 0 Å². The molecule has 1 N–H and O–H groups in total. The summed E-state index contributed by atoms with van der Waals surface area (Å²) in [4.78, 5) is 0. The summed E-state index contributed by atoms with van der Waals surface area (Å²) in [6, 6.07) is 8.35. The SMILES string of the molecule is CCn1cnnc1CNC1c2ccccc2OC1(C)C. The van der Waals surface area contributed by atoms with Gasteiger partial charge in [-0.3, -0.25) is 5.32 Å². The van der Waals surface area contributed by atoms with E-state index in [0.717, 1.165) is 18.1 Å². The Labute approximate surface area is 119 Å². The molecule has 0 saturated heterocycles. The molecule has 0 fully saturated rings. The molecule has 106 valence electrons. The molecule has 1 aromatic heterocycles. The lowest BCUT2D eigenvalue weighted by molar-refractivity contribution is 0.0953. The van der Waals surface area contributed by atoms with Crippen LogP contribution in [0.2, 0.25) is 0 Å². The first-order chi connectivity index (χ1) is 9.62. The van der Waals surface area contributed by atoms with Gasteiger partial charge in [-0.2, -0.15) is 0 Å². The van der Waals surface area contributed by atoms with Gasteiger partial charge < -0.3 is 9.30 Å². The fourth-order valence-corrected chi connectivity index (χ4v) is 2.76. The number of aryl methyl sites for hydroxylation is 1. The van der Waals surface area contributed by atoms with Gasteiger partial charge in [0.25, 0.3) is 0 Å². The van der Waals surface area contributed by atoms with Gasteiger partial charge in [0, 0.05) is 12.1 Å². The molecular formula is C15H20N4O. The third kappa shape index (κ3) is 2.18. The Morgan fingerprint density at radius 2 is 2.15 bits per heavy atom. The van der Waals surface area contributed by atoms with Gasteiger partial charge in [-0.05, 0) is 26.8 Å². The van der Waals surface area contributed by atoms with E-state index in [1.165, 1.54) is 5.56 Å². The molecule has 1 aliphatic heterocycles. The molecule has 0 spiro atoms. The van der Waals surface area contributed by atoms with E-state index in [0.29, 0.717) is 6.54 Å². The smallest absolute Gasteiger partial charge is 0.146 e. The zero-order valence-electron chi connectivity index (χ0n) is 12.1. The molecule has 5 heteroatoms. The van der Waals surface area contributed by atoms with Crippen LogP contribution in [0, 0.1) is 0 Å². The van der Waals surface area contributed by atoms with E-state index in [2.05, 4.69) is 42.4 Å². The Morgan fingerprint density at radius 1 is 1.35 bits per heavy atom. The molecule has 0 saturated carbocycles. The normalized spacial score (nSPS) is 19.6. The van der Waals surface area contributed by atoms with E-state index < -0.39 is 0 Å². The van der Waals surface area contributed by atoms with Crippen LogP contribution in [0.3, 0.4) is 0 Å². The predicted octanol–water partition coefficient (Wildman–Crippen LogP) is 2.30. The monoisotopic (exact) mass is 272 g/mol. The molecule has 0 radical (unpaired) electrons. The summed E-state index contributed by atoms with van der Waals surface area (Å²) in [7, 11) is 0. The van der Waals surface area contributed by atoms with E-state index in [4.69, 9.17) is 4.74 Å².